The van der Waals surface area contributed by atoms with E-state index in [4.69, 9.17) is 9.97 Å². The summed E-state index contributed by atoms with van der Waals surface area (Å²) in [6.07, 6.45) is 5.51. The van der Waals surface area contributed by atoms with E-state index in [-0.39, 0.29) is 0 Å². The molecule has 5 nitrogen and oxygen atoms in total. The molecule has 6 heteroatoms. The molecule has 0 aliphatic heterocycles. The number of pyridine rings is 2. The first-order valence-electron chi connectivity index (χ1n) is 14.7. The molecule has 0 fully saturated rings. The predicted octanol–water partition coefficient (Wildman–Crippen LogP) is 10.0. The van der Waals surface area contributed by atoms with E-state index in [1.54, 1.807) is 17.5 Å². The number of aromatic nitrogens is 5. The van der Waals surface area contributed by atoms with E-state index in [0.717, 1.165) is 86.9 Å². The minimum absolute atomic E-state index is 0.870. The van der Waals surface area contributed by atoms with Gasteiger partial charge in [0.15, 0.2) is 0 Å². The number of rotatable bonds is 4. The lowest BCUT2D eigenvalue weighted by atomic mass is 9.90. The summed E-state index contributed by atoms with van der Waals surface area (Å²) in [5.41, 5.74) is 11.5. The maximum absolute atomic E-state index is 4.94. The first-order chi connectivity index (χ1) is 22.3. The lowest BCUT2D eigenvalue weighted by Gasteiger charge is -2.14. The van der Waals surface area contributed by atoms with E-state index in [1.807, 2.05) is 30.6 Å². The lowest BCUT2D eigenvalue weighted by molar-refractivity contribution is 1.08. The number of thiazole rings is 1. The van der Waals surface area contributed by atoms with Gasteiger partial charge in [0.1, 0.15) is 5.01 Å². The molecule has 4 aromatic heterocycles. The van der Waals surface area contributed by atoms with E-state index in [0.29, 0.717) is 0 Å². The smallest absolute Gasteiger partial charge is 0.124 e. The third kappa shape index (κ3) is 4.51. The molecule has 210 valence electrons. The van der Waals surface area contributed by atoms with Crippen molar-refractivity contribution in [3.05, 3.63) is 140 Å². The zero-order valence-corrected chi connectivity index (χ0v) is 24.7. The highest BCUT2D eigenvalue weighted by Gasteiger charge is 2.15. The van der Waals surface area contributed by atoms with Gasteiger partial charge in [0.25, 0.3) is 0 Å². The summed E-state index contributed by atoms with van der Waals surface area (Å²) in [6.45, 7) is 0. The van der Waals surface area contributed by atoms with Crippen molar-refractivity contribution in [2.24, 2.45) is 0 Å². The highest BCUT2D eigenvalue weighted by Crippen LogP contribution is 2.40. The van der Waals surface area contributed by atoms with Gasteiger partial charge in [-0.2, -0.15) is 10.2 Å². The van der Waals surface area contributed by atoms with Crippen molar-refractivity contribution in [2.75, 3.05) is 0 Å². The summed E-state index contributed by atoms with van der Waals surface area (Å²) >= 11 is 1.72. The Morgan fingerprint density at radius 3 is 2.24 bits per heavy atom. The summed E-state index contributed by atoms with van der Waals surface area (Å²) in [6, 6.07) is 42.5. The van der Waals surface area contributed by atoms with Crippen molar-refractivity contribution in [2.45, 2.75) is 0 Å². The third-order valence-electron chi connectivity index (χ3n) is 8.32. The molecule has 0 saturated carbocycles. The molecule has 0 bridgehead atoms. The van der Waals surface area contributed by atoms with Crippen LogP contribution in [-0.2, 0) is 0 Å². The monoisotopic (exact) mass is 593 g/mol. The first kappa shape index (κ1) is 25.6. The molecule has 45 heavy (non-hydrogen) atoms. The largest absolute Gasteiger partial charge is 0.254 e. The molecule has 0 aliphatic rings. The molecule has 0 amide bonds. The Morgan fingerprint density at radius 1 is 0.467 bits per heavy atom. The van der Waals surface area contributed by atoms with Gasteiger partial charge in [0.2, 0.25) is 0 Å². The van der Waals surface area contributed by atoms with Crippen molar-refractivity contribution >= 4 is 54.3 Å². The van der Waals surface area contributed by atoms with E-state index >= 15 is 0 Å². The molecule has 0 saturated heterocycles. The minimum Gasteiger partial charge on any atom is -0.254 e. The normalized spacial score (nSPS) is 11.6. The van der Waals surface area contributed by atoms with Crippen LogP contribution in [0.5, 0.6) is 0 Å². The fourth-order valence-corrected chi connectivity index (χ4v) is 7.06. The molecule has 0 spiro atoms. The molecule has 9 aromatic rings. The second-order valence-electron chi connectivity index (χ2n) is 11.1. The molecule has 4 heterocycles. The van der Waals surface area contributed by atoms with Gasteiger partial charge in [0, 0.05) is 39.7 Å². The van der Waals surface area contributed by atoms with Crippen LogP contribution in [0.2, 0.25) is 0 Å². The number of hydrogen-bond acceptors (Lipinski definition) is 6. The summed E-state index contributed by atoms with van der Waals surface area (Å²) in [5.74, 6) is 0. The summed E-state index contributed by atoms with van der Waals surface area (Å²) in [7, 11) is 0. The van der Waals surface area contributed by atoms with Crippen LogP contribution in [0.1, 0.15) is 0 Å². The fraction of sp³-hybridized carbons (Fsp3) is 0. The second kappa shape index (κ2) is 10.4. The molecule has 0 radical (unpaired) electrons. The van der Waals surface area contributed by atoms with Gasteiger partial charge in [0.05, 0.1) is 33.0 Å². The van der Waals surface area contributed by atoms with Gasteiger partial charge in [-0.05, 0) is 70.3 Å². The standard InChI is InChI=1S/C39H23N5S/c1-2-5-26(6-3-1)39-43-34-15-13-29(22-36(34)45-39)33-20-27(12-14-32(33)28-10-8-24-16-18-42-44-35(24)21-28)31-19-30-11-9-25-7-4-17-40-37(25)38(30)41-23-31/h1-23H. The highest BCUT2D eigenvalue weighted by molar-refractivity contribution is 7.21. The molecule has 0 N–H and O–H groups in total. The molecular weight excluding hydrogens is 571 g/mol. The Hall–Kier alpha value is -5.85. The summed E-state index contributed by atoms with van der Waals surface area (Å²) in [5, 5.41) is 12.8. The van der Waals surface area contributed by atoms with Crippen LogP contribution in [0.4, 0.5) is 0 Å². The Labute approximate surface area is 262 Å². The maximum atomic E-state index is 4.94. The SMILES string of the molecule is c1ccc(-c2nc3ccc(-c4cc(-c5cnc6c(ccc7cccnc76)c5)ccc4-c4ccc5ccnnc5c4)cc3s2)cc1. The Morgan fingerprint density at radius 2 is 1.29 bits per heavy atom. The van der Waals surface area contributed by atoms with Crippen LogP contribution >= 0.6 is 11.3 Å². The van der Waals surface area contributed by atoms with E-state index < -0.39 is 0 Å². The Balaban J connectivity index is 1.22. The van der Waals surface area contributed by atoms with E-state index in [9.17, 15) is 0 Å². The quantitative estimate of drug-likeness (QED) is 0.190. The van der Waals surface area contributed by atoms with Gasteiger partial charge in [-0.3, -0.25) is 9.97 Å². The van der Waals surface area contributed by atoms with Gasteiger partial charge in [-0.25, -0.2) is 4.98 Å². The van der Waals surface area contributed by atoms with Crippen LogP contribution in [0.25, 0.3) is 86.9 Å². The van der Waals surface area contributed by atoms with Crippen molar-refractivity contribution in [3.63, 3.8) is 0 Å². The Bertz CT molecular complexity index is 2560. The van der Waals surface area contributed by atoms with Crippen LogP contribution in [-0.4, -0.2) is 25.1 Å². The number of nitrogens with zero attached hydrogens (tertiary/aromatic N) is 5. The average Bonchev–Trinajstić information content (AvgIpc) is 3.55. The lowest BCUT2D eigenvalue weighted by Crippen LogP contribution is -1.91. The molecule has 0 unspecified atom stereocenters. The van der Waals surface area contributed by atoms with Crippen LogP contribution < -0.4 is 0 Å². The average molecular weight is 594 g/mol. The summed E-state index contributed by atoms with van der Waals surface area (Å²) in [4.78, 5) is 14.4. The van der Waals surface area contributed by atoms with Gasteiger partial charge >= 0.3 is 0 Å². The topological polar surface area (TPSA) is 64.5 Å². The molecule has 0 aliphatic carbocycles. The number of benzene rings is 5. The maximum Gasteiger partial charge on any atom is 0.124 e. The van der Waals surface area contributed by atoms with Crippen molar-refractivity contribution < 1.29 is 0 Å². The minimum atomic E-state index is 0.870. The van der Waals surface area contributed by atoms with E-state index in [2.05, 4.69) is 118 Å². The molecule has 0 atom stereocenters. The van der Waals surface area contributed by atoms with Crippen molar-refractivity contribution in [3.8, 4) is 44.0 Å². The van der Waals surface area contributed by atoms with Crippen LogP contribution in [0, 0.1) is 0 Å². The second-order valence-corrected chi connectivity index (χ2v) is 12.1. The van der Waals surface area contributed by atoms with Gasteiger partial charge < -0.3 is 0 Å². The van der Waals surface area contributed by atoms with Gasteiger partial charge in [-0.15, -0.1) is 11.3 Å². The zero-order chi connectivity index (χ0) is 29.7. The van der Waals surface area contributed by atoms with Gasteiger partial charge in [-0.1, -0.05) is 78.9 Å². The third-order valence-corrected chi connectivity index (χ3v) is 9.39. The highest BCUT2D eigenvalue weighted by atomic mass is 32.1. The zero-order valence-electron chi connectivity index (χ0n) is 23.9. The first-order valence-corrected chi connectivity index (χ1v) is 15.5. The number of fused-ring (bicyclic) bond motifs is 5. The van der Waals surface area contributed by atoms with Crippen LogP contribution in [0.15, 0.2) is 140 Å². The molecular formula is C39H23N5S. The fourth-order valence-electron chi connectivity index (χ4n) is 6.05. The Kier molecular flexibility index (Phi) is 5.92. The van der Waals surface area contributed by atoms with Crippen molar-refractivity contribution in [1.29, 1.82) is 0 Å². The number of hydrogen-bond donors (Lipinski definition) is 0. The predicted molar refractivity (Wildman–Crippen MR) is 185 cm³/mol. The molecule has 9 rings (SSSR count). The summed E-state index contributed by atoms with van der Waals surface area (Å²) < 4.78 is 1.15. The van der Waals surface area contributed by atoms with Crippen LogP contribution in [0.3, 0.4) is 0 Å². The van der Waals surface area contributed by atoms with Crippen molar-refractivity contribution in [1.82, 2.24) is 25.1 Å². The molecule has 5 aromatic carbocycles. The van der Waals surface area contributed by atoms with E-state index in [1.165, 1.54) is 0 Å².